The number of halogens is 3. The van der Waals surface area contributed by atoms with E-state index in [0.717, 1.165) is 22.3 Å². The molecule has 31 heavy (non-hydrogen) atoms. The Hall–Kier alpha value is -2.85. The van der Waals surface area contributed by atoms with E-state index in [0.29, 0.717) is 15.1 Å². The number of benzene rings is 3. The van der Waals surface area contributed by atoms with E-state index in [1.54, 1.807) is 12.3 Å². The van der Waals surface area contributed by atoms with E-state index < -0.39 is 11.4 Å². The van der Waals surface area contributed by atoms with Crippen LogP contribution in [0.3, 0.4) is 0 Å². The average Bonchev–Trinajstić information content (AvgIpc) is 2.78. The van der Waals surface area contributed by atoms with Crippen LogP contribution in [-0.4, -0.2) is 16.1 Å². The molecular weight excluding hydrogens is 453 g/mol. The van der Waals surface area contributed by atoms with Gasteiger partial charge in [0.25, 0.3) is 0 Å². The van der Waals surface area contributed by atoms with Crippen LogP contribution >= 0.6 is 34.8 Å². The first-order chi connectivity index (χ1) is 14.9. The van der Waals surface area contributed by atoms with Gasteiger partial charge in [0.1, 0.15) is 5.69 Å². The highest BCUT2D eigenvalue weighted by atomic mass is 35.5. The Bertz CT molecular complexity index is 1090. The number of hydrogen-bond acceptors (Lipinski definition) is 2. The number of carboxylic acids is 1. The van der Waals surface area contributed by atoms with Crippen LogP contribution in [0.5, 0.6) is 0 Å². The molecule has 0 bridgehead atoms. The summed E-state index contributed by atoms with van der Waals surface area (Å²) in [6.07, 6.45) is 1.60. The zero-order valence-corrected chi connectivity index (χ0v) is 18.4. The fourth-order valence-electron chi connectivity index (χ4n) is 3.84. The fraction of sp³-hybridized carbons (Fsp3) is 0.0400. The topological polar surface area (TPSA) is 50.2 Å². The molecular formula is C25H16Cl3NO2. The van der Waals surface area contributed by atoms with Gasteiger partial charge in [0, 0.05) is 21.3 Å². The zero-order valence-electron chi connectivity index (χ0n) is 16.1. The Kier molecular flexibility index (Phi) is 6.01. The number of aromatic nitrogens is 1. The molecule has 4 aromatic rings. The molecule has 154 valence electrons. The smallest absolute Gasteiger partial charge is 0.354 e. The molecule has 1 aromatic heterocycles. The molecule has 1 N–H and O–H groups in total. The van der Waals surface area contributed by atoms with E-state index in [9.17, 15) is 9.90 Å². The van der Waals surface area contributed by atoms with Crippen LogP contribution in [0, 0.1) is 0 Å². The average molecular weight is 469 g/mol. The Morgan fingerprint density at radius 3 is 1.26 bits per heavy atom. The minimum atomic E-state index is -1.08. The molecule has 0 spiro atoms. The maximum atomic E-state index is 11.4. The second kappa shape index (κ2) is 8.72. The van der Waals surface area contributed by atoms with Gasteiger partial charge in [-0.05, 0) is 64.7 Å². The normalized spacial score (nSPS) is 11.3. The molecule has 0 saturated heterocycles. The van der Waals surface area contributed by atoms with Crippen LogP contribution in [-0.2, 0) is 5.41 Å². The lowest BCUT2D eigenvalue weighted by Crippen LogP contribution is -2.31. The highest BCUT2D eigenvalue weighted by Crippen LogP contribution is 2.45. The number of nitrogens with zero attached hydrogens (tertiary/aromatic N) is 1. The van der Waals surface area contributed by atoms with E-state index in [1.165, 1.54) is 6.07 Å². The molecule has 3 aromatic carbocycles. The maximum Gasteiger partial charge on any atom is 0.354 e. The number of pyridine rings is 1. The second-order valence-electron chi connectivity index (χ2n) is 7.01. The Morgan fingerprint density at radius 1 is 0.613 bits per heavy atom. The third-order valence-corrected chi connectivity index (χ3v) is 6.00. The Morgan fingerprint density at radius 2 is 0.968 bits per heavy atom. The van der Waals surface area contributed by atoms with Crippen molar-refractivity contribution in [3.05, 3.63) is 134 Å². The quantitative estimate of drug-likeness (QED) is 0.317. The molecule has 0 amide bonds. The molecule has 6 heteroatoms. The third kappa shape index (κ3) is 4.05. The lowest BCUT2D eigenvalue weighted by molar-refractivity contribution is 0.0690. The summed E-state index contributed by atoms with van der Waals surface area (Å²) in [5.41, 5.74) is 2.78. The maximum absolute atomic E-state index is 11.4. The van der Waals surface area contributed by atoms with E-state index in [-0.39, 0.29) is 5.69 Å². The van der Waals surface area contributed by atoms with Gasteiger partial charge in [-0.1, -0.05) is 77.3 Å². The first kappa shape index (κ1) is 21.4. The standard InChI is InChI=1S/C25H16Cl3NO2/c26-20-8-1-16(2-9-20)25(17-3-10-21(27)11-4-17,18-5-12-22(28)13-6-18)19-7-14-23(24(30)31)29-15-19/h1-15H,(H,30,31). The first-order valence-corrected chi connectivity index (χ1v) is 10.5. The molecule has 1 heterocycles. The molecule has 0 atom stereocenters. The first-order valence-electron chi connectivity index (χ1n) is 9.39. The number of rotatable bonds is 5. The number of aromatic carboxylic acids is 1. The van der Waals surface area contributed by atoms with Crippen molar-refractivity contribution < 1.29 is 9.90 Å². The van der Waals surface area contributed by atoms with Gasteiger partial charge in [0.05, 0.1) is 5.41 Å². The predicted octanol–water partition coefficient (Wildman–Crippen LogP) is 7.12. The summed E-state index contributed by atoms with van der Waals surface area (Å²) < 4.78 is 0. The number of carbonyl (C=O) groups is 1. The van der Waals surface area contributed by atoms with Crippen molar-refractivity contribution in [2.24, 2.45) is 0 Å². The predicted molar refractivity (Wildman–Crippen MR) is 125 cm³/mol. The van der Waals surface area contributed by atoms with Gasteiger partial charge in [-0.2, -0.15) is 0 Å². The number of carboxylic acid groups (broad SMARTS) is 1. The summed E-state index contributed by atoms with van der Waals surface area (Å²) in [6.45, 7) is 0. The van der Waals surface area contributed by atoms with Gasteiger partial charge >= 0.3 is 5.97 Å². The summed E-state index contributed by atoms with van der Waals surface area (Å²) in [5.74, 6) is -1.08. The molecule has 3 nitrogen and oxygen atoms in total. The summed E-state index contributed by atoms with van der Waals surface area (Å²) in [5, 5.41) is 11.2. The lowest BCUT2D eigenvalue weighted by Gasteiger charge is -2.36. The van der Waals surface area contributed by atoms with Crippen LogP contribution in [0.2, 0.25) is 15.1 Å². The molecule has 0 unspecified atom stereocenters. The lowest BCUT2D eigenvalue weighted by atomic mass is 9.65. The van der Waals surface area contributed by atoms with Crippen LogP contribution in [0.1, 0.15) is 32.7 Å². The Labute approximate surface area is 194 Å². The van der Waals surface area contributed by atoms with E-state index in [1.807, 2.05) is 72.8 Å². The van der Waals surface area contributed by atoms with Crippen LogP contribution < -0.4 is 0 Å². The SMILES string of the molecule is O=C(O)c1ccc(C(c2ccc(Cl)cc2)(c2ccc(Cl)cc2)c2ccc(Cl)cc2)cn1. The largest absolute Gasteiger partial charge is 0.477 e. The van der Waals surface area contributed by atoms with E-state index >= 15 is 0 Å². The van der Waals surface area contributed by atoms with Gasteiger partial charge in [0.2, 0.25) is 0 Å². The third-order valence-electron chi connectivity index (χ3n) is 5.25. The van der Waals surface area contributed by atoms with E-state index in [2.05, 4.69) is 4.98 Å². The molecule has 4 rings (SSSR count). The molecule has 0 aliphatic rings. The van der Waals surface area contributed by atoms with Crippen molar-refractivity contribution in [1.29, 1.82) is 0 Å². The van der Waals surface area contributed by atoms with Crippen molar-refractivity contribution >= 4 is 40.8 Å². The van der Waals surface area contributed by atoms with Crippen molar-refractivity contribution in [3.63, 3.8) is 0 Å². The van der Waals surface area contributed by atoms with Crippen LogP contribution in [0.15, 0.2) is 91.1 Å². The van der Waals surface area contributed by atoms with Crippen molar-refractivity contribution in [2.45, 2.75) is 5.41 Å². The molecule has 0 saturated carbocycles. The minimum Gasteiger partial charge on any atom is -0.477 e. The van der Waals surface area contributed by atoms with Gasteiger partial charge in [0.15, 0.2) is 0 Å². The highest BCUT2D eigenvalue weighted by Gasteiger charge is 2.39. The van der Waals surface area contributed by atoms with Crippen molar-refractivity contribution in [1.82, 2.24) is 4.98 Å². The summed E-state index contributed by atoms with van der Waals surface area (Å²) >= 11 is 18.6. The highest BCUT2D eigenvalue weighted by molar-refractivity contribution is 6.31. The Balaban J connectivity index is 2.09. The molecule has 0 radical (unpaired) electrons. The second-order valence-corrected chi connectivity index (χ2v) is 8.32. The van der Waals surface area contributed by atoms with E-state index in [4.69, 9.17) is 34.8 Å². The van der Waals surface area contributed by atoms with Crippen LogP contribution in [0.4, 0.5) is 0 Å². The summed E-state index contributed by atoms with van der Waals surface area (Å²) in [6, 6.07) is 26.0. The summed E-state index contributed by atoms with van der Waals surface area (Å²) in [7, 11) is 0. The van der Waals surface area contributed by atoms with Crippen molar-refractivity contribution in [3.8, 4) is 0 Å². The summed E-state index contributed by atoms with van der Waals surface area (Å²) in [4.78, 5) is 15.6. The van der Waals surface area contributed by atoms with Gasteiger partial charge < -0.3 is 5.11 Å². The van der Waals surface area contributed by atoms with Crippen molar-refractivity contribution in [2.75, 3.05) is 0 Å². The zero-order chi connectivity index (χ0) is 22.0. The van der Waals surface area contributed by atoms with Crippen LogP contribution in [0.25, 0.3) is 0 Å². The monoisotopic (exact) mass is 467 g/mol. The fourth-order valence-corrected chi connectivity index (χ4v) is 4.22. The molecule has 0 aliphatic heterocycles. The number of hydrogen-bond donors (Lipinski definition) is 1. The van der Waals surface area contributed by atoms with Gasteiger partial charge in [-0.15, -0.1) is 0 Å². The minimum absolute atomic E-state index is 0.0269. The molecule has 0 aliphatic carbocycles. The molecule has 0 fully saturated rings. The van der Waals surface area contributed by atoms with Gasteiger partial charge in [-0.3, -0.25) is 0 Å². The van der Waals surface area contributed by atoms with Gasteiger partial charge in [-0.25, -0.2) is 9.78 Å².